The zero-order valence-electron chi connectivity index (χ0n) is 36.1. The Morgan fingerprint density at radius 1 is 0.667 bits per heavy atom. The predicted molar refractivity (Wildman–Crippen MR) is 226 cm³/mol. The maximum absolute atomic E-state index is 11.5. The van der Waals surface area contributed by atoms with Crippen LogP contribution in [0, 0.1) is 29.1 Å². The minimum Gasteiger partial charge on any atom is -0.394 e. The van der Waals surface area contributed by atoms with Crippen molar-refractivity contribution in [2.45, 2.75) is 248 Å². The molecule has 10 nitrogen and oxygen atoms in total. The monoisotopic (exact) mass is 809 g/mol. The van der Waals surface area contributed by atoms with E-state index in [1.807, 2.05) is 0 Å². The molecule has 0 amide bonds. The number of unbranched alkanes of at least 4 members (excludes halogenated alkanes) is 18. The smallest absolute Gasteiger partial charge is 0.186 e. The summed E-state index contributed by atoms with van der Waals surface area (Å²) in [6.45, 7) is 2.42. The van der Waals surface area contributed by atoms with Crippen LogP contribution in [0.2, 0.25) is 0 Å². The van der Waals surface area contributed by atoms with E-state index in [-0.39, 0.29) is 18.8 Å². The van der Waals surface area contributed by atoms with Gasteiger partial charge in [0.1, 0.15) is 24.4 Å². The highest BCUT2D eigenvalue weighted by Crippen LogP contribution is 2.61. The maximum atomic E-state index is 11.5. The van der Waals surface area contributed by atoms with Crippen LogP contribution in [-0.4, -0.2) is 106 Å². The molecule has 4 bridgehead atoms. The van der Waals surface area contributed by atoms with Crippen molar-refractivity contribution in [3.63, 3.8) is 0 Å². The average molecular weight is 809 g/mol. The Labute approximate surface area is 347 Å². The molecule has 2 aliphatic heterocycles. The van der Waals surface area contributed by atoms with Gasteiger partial charge in [0.2, 0.25) is 0 Å². The number of ether oxygens (including phenoxy) is 2. The van der Waals surface area contributed by atoms with Gasteiger partial charge in [0.05, 0.1) is 31.6 Å². The third kappa shape index (κ3) is 15.2. The second kappa shape index (κ2) is 25.5. The van der Waals surface area contributed by atoms with Crippen LogP contribution in [0.15, 0.2) is 0 Å². The van der Waals surface area contributed by atoms with Crippen molar-refractivity contribution < 1.29 is 40.1 Å². The number of hydrogen-bond donors (Lipinski definition) is 8. The summed E-state index contributed by atoms with van der Waals surface area (Å²) in [5.41, 5.74) is 0.734. The second-order valence-electron chi connectivity index (χ2n) is 20.0. The quantitative estimate of drug-likeness (QED) is 0.0335. The molecule has 2 saturated heterocycles. The van der Waals surface area contributed by atoms with E-state index in [0.29, 0.717) is 6.42 Å². The van der Waals surface area contributed by atoms with Crippen LogP contribution < -0.4 is 10.6 Å². The molecule has 7 unspecified atom stereocenters. The first-order valence-corrected chi connectivity index (χ1v) is 24.5. The maximum Gasteiger partial charge on any atom is 0.186 e. The third-order valence-corrected chi connectivity index (χ3v) is 15.1. The number of rotatable bonds is 31. The minimum atomic E-state index is -1.54. The van der Waals surface area contributed by atoms with Gasteiger partial charge < -0.3 is 40.1 Å². The summed E-state index contributed by atoms with van der Waals surface area (Å²) in [7, 11) is 0. The lowest BCUT2D eigenvalue weighted by atomic mass is 9.48. The fourth-order valence-electron chi connectivity index (χ4n) is 12.1. The highest BCUT2D eigenvalue weighted by molar-refractivity contribution is 5.01. The zero-order chi connectivity index (χ0) is 40.5. The Hall–Kier alpha value is -0.400. The summed E-state index contributed by atoms with van der Waals surface area (Å²) in [5.74, 6) is 2.64. The Bertz CT molecular complexity index is 1030. The molecule has 0 spiro atoms. The molecule has 0 aromatic rings. The van der Waals surface area contributed by atoms with E-state index in [9.17, 15) is 30.6 Å². The molecule has 0 radical (unpaired) electrons. The van der Waals surface area contributed by atoms with E-state index in [0.717, 1.165) is 61.8 Å². The summed E-state index contributed by atoms with van der Waals surface area (Å²) >= 11 is 0. The molecular weight excluding hydrogens is 721 g/mol. The Kier molecular flexibility index (Phi) is 21.3. The van der Waals surface area contributed by atoms with E-state index in [1.54, 1.807) is 38.5 Å². The summed E-state index contributed by atoms with van der Waals surface area (Å²) in [4.78, 5) is 0. The first kappa shape index (κ1) is 47.6. The van der Waals surface area contributed by atoms with Crippen molar-refractivity contribution in [3.8, 4) is 0 Å². The number of nitrogens with one attached hydrogen (secondary N) is 2. The van der Waals surface area contributed by atoms with Crippen molar-refractivity contribution in [1.82, 2.24) is 10.6 Å². The topological polar surface area (TPSA) is 164 Å². The van der Waals surface area contributed by atoms with Crippen LogP contribution in [0.25, 0.3) is 0 Å². The summed E-state index contributed by atoms with van der Waals surface area (Å²) in [5, 5.41) is 70.6. The van der Waals surface area contributed by atoms with E-state index < -0.39 is 55.4 Å². The Morgan fingerprint density at radius 3 is 1.75 bits per heavy atom. The molecule has 8 N–H and O–H groups in total. The molecule has 10 atom stereocenters. The van der Waals surface area contributed by atoms with Gasteiger partial charge in [-0.25, -0.2) is 0 Å². The van der Waals surface area contributed by atoms with Gasteiger partial charge in [-0.1, -0.05) is 135 Å². The molecule has 4 saturated carbocycles. The van der Waals surface area contributed by atoms with Crippen LogP contribution in [-0.2, 0) is 9.47 Å². The Balaban J connectivity index is 0.965. The fourth-order valence-corrected chi connectivity index (χ4v) is 12.1. The largest absolute Gasteiger partial charge is 0.394 e. The van der Waals surface area contributed by atoms with Gasteiger partial charge in [0, 0.05) is 18.5 Å². The van der Waals surface area contributed by atoms with E-state index >= 15 is 0 Å². The second-order valence-corrected chi connectivity index (χ2v) is 20.0. The van der Waals surface area contributed by atoms with Crippen molar-refractivity contribution >= 4 is 0 Å². The molecule has 2 heterocycles. The molecule has 0 aromatic carbocycles. The van der Waals surface area contributed by atoms with Crippen LogP contribution >= 0.6 is 0 Å². The van der Waals surface area contributed by atoms with Crippen LogP contribution in [0.4, 0.5) is 0 Å². The van der Waals surface area contributed by atoms with Gasteiger partial charge in [0.15, 0.2) is 6.29 Å². The minimum absolute atomic E-state index is 0.0563. The Morgan fingerprint density at radius 2 is 1.19 bits per heavy atom. The number of aliphatic hydroxyl groups excluding tert-OH is 6. The molecule has 10 heteroatoms. The van der Waals surface area contributed by atoms with Crippen molar-refractivity contribution in [2.75, 3.05) is 19.8 Å². The van der Waals surface area contributed by atoms with E-state index in [1.165, 1.54) is 109 Å². The molecule has 6 fully saturated rings. The lowest BCUT2D eigenvalue weighted by Crippen LogP contribution is -2.60. The fraction of sp³-hybridized carbons (Fsp3) is 1.00. The van der Waals surface area contributed by atoms with Gasteiger partial charge in [-0.05, 0) is 81.0 Å². The first-order chi connectivity index (χ1) is 27.7. The molecule has 57 heavy (non-hydrogen) atoms. The summed E-state index contributed by atoms with van der Waals surface area (Å²) < 4.78 is 11.5. The lowest BCUT2D eigenvalue weighted by Gasteiger charge is -2.57. The molecule has 334 valence electrons. The van der Waals surface area contributed by atoms with Crippen molar-refractivity contribution in [1.29, 1.82) is 0 Å². The van der Waals surface area contributed by atoms with Crippen molar-refractivity contribution in [2.24, 2.45) is 29.1 Å². The predicted octanol–water partition coefficient (Wildman–Crippen LogP) is 7.24. The molecule has 0 aromatic heterocycles. The van der Waals surface area contributed by atoms with Gasteiger partial charge in [-0.2, -0.15) is 0 Å². The van der Waals surface area contributed by atoms with E-state index in [4.69, 9.17) is 9.47 Å². The highest BCUT2D eigenvalue weighted by atomic mass is 16.7. The van der Waals surface area contributed by atoms with Crippen molar-refractivity contribution in [3.05, 3.63) is 0 Å². The standard InChI is InChI=1S/C47H88N2O8/c1-2-3-4-5-6-7-8-9-10-14-17-20-23-39(51)41(52)38(33-56-46-44(55)43(54)42(53)40(32-50)57-46)45-48-31-37(49-45)22-19-16-13-11-12-15-18-21-24-47-28-34-25-35(29-47)27-36(26-34)30-47/h34-46,48-55H,2-33H2,1H3/t34?,35?,36?,37?,38-,39+,40?,41-,42?,43?,44?,45?,46?,47?/m0/s1. The number of hydrogen-bond acceptors (Lipinski definition) is 10. The van der Waals surface area contributed by atoms with Crippen LogP contribution in [0.1, 0.15) is 193 Å². The zero-order valence-corrected chi connectivity index (χ0v) is 36.1. The number of aliphatic hydroxyl groups is 6. The third-order valence-electron chi connectivity index (χ3n) is 15.1. The summed E-state index contributed by atoms with van der Waals surface area (Å²) in [6, 6.07) is 0.245. The lowest BCUT2D eigenvalue weighted by molar-refractivity contribution is -0.305. The van der Waals surface area contributed by atoms with Gasteiger partial charge in [0.25, 0.3) is 0 Å². The molecule has 6 aliphatic rings. The first-order valence-electron chi connectivity index (χ1n) is 24.5. The summed E-state index contributed by atoms with van der Waals surface area (Å²) in [6.07, 6.45) is 28.4. The average Bonchev–Trinajstić information content (AvgIpc) is 3.66. The normalized spacial score (nSPS) is 35.2. The van der Waals surface area contributed by atoms with Gasteiger partial charge in [-0.15, -0.1) is 0 Å². The van der Waals surface area contributed by atoms with Crippen LogP contribution in [0.3, 0.4) is 0 Å². The SMILES string of the molecule is CCCCCCCCCCCCCC[C@@H](O)[C@@H](O)[C@H](COC1OC(CO)C(O)C(O)C1O)C1NCC(CCCCCCCCCCC23CC4CC(CC(C4)C2)C3)N1. The van der Waals surface area contributed by atoms with Crippen LogP contribution in [0.5, 0.6) is 0 Å². The van der Waals surface area contributed by atoms with Gasteiger partial charge >= 0.3 is 0 Å². The van der Waals surface area contributed by atoms with Gasteiger partial charge in [-0.3, -0.25) is 10.6 Å². The molecule has 6 rings (SSSR count). The molecular formula is C47H88N2O8. The van der Waals surface area contributed by atoms with E-state index in [2.05, 4.69) is 17.6 Å². The highest BCUT2D eigenvalue weighted by Gasteiger charge is 2.50. The molecule has 4 aliphatic carbocycles.